The van der Waals surface area contributed by atoms with E-state index in [1.54, 1.807) is 12.4 Å². The first-order valence-corrected chi connectivity index (χ1v) is 9.21. The molecule has 0 amide bonds. The molecular formula is C22H14Cl2N2O2. The molecule has 0 aliphatic carbocycles. The van der Waals surface area contributed by atoms with Gasteiger partial charge in [-0.25, -0.2) is 0 Å². The molecule has 0 unspecified atom stereocenters. The van der Waals surface area contributed by atoms with E-state index in [-0.39, 0.29) is 0 Å². The van der Waals surface area contributed by atoms with Gasteiger partial charge in [-0.15, -0.1) is 0 Å². The molecular weight excluding hydrogens is 395 g/mol. The van der Waals surface area contributed by atoms with Crippen molar-refractivity contribution >= 4 is 35.6 Å². The Kier molecular flexibility index (Phi) is 5.42. The smallest absolute Gasteiger partial charge is 0.147 e. The van der Waals surface area contributed by atoms with Gasteiger partial charge in [0.15, 0.2) is 0 Å². The van der Waals surface area contributed by atoms with Crippen molar-refractivity contribution in [2.75, 3.05) is 0 Å². The van der Waals surface area contributed by atoms with E-state index < -0.39 is 0 Å². The van der Waals surface area contributed by atoms with Crippen LogP contribution in [-0.2, 0) is 0 Å². The minimum Gasteiger partial charge on any atom is -0.455 e. The molecule has 4 aromatic rings. The highest BCUT2D eigenvalue weighted by molar-refractivity contribution is 6.30. The normalized spacial score (nSPS) is 11.6. The summed E-state index contributed by atoms with van der Waals surface area (Å²) in [6.45, 7) is 0. The maximum absolute atomic E-state index is 5.90. The summed E-state index contributed by atoms with van der Waals surface area (Å²) in [5.74, 6) is 2.67. The standard InChI is InChI=1S/C22H14Cl2N2O2/c23-17-5-1-15(2-6-17)21-11-9-19(27-21)13-25-26-14-20-10-12-22(28-20)16-3-7-18(24)8-4-16/h1-14H/b25-13+,26-14+. The Morgan fingerprint density at radius 3 is 1.32 bits per heavy atom. The lowest BCUT2D eigenvalue weighted by Gasteiger charge is -1.96. The third kappa shape index (κ3) is 4.42. The maximum atomic E-state index is 5.90. The van der Waals surface area contributed by atoms with Crippen LogP contribution in [0.5, 0.6) is 0 Å². The SMILES string of the molecule is Clc1ccc(-c2ccc(/C=N/N=C/c3ccc(-c4ccc(Cl)cc4)o3)o2)cc1. The van der Waals surface area contributed by atoms with Crippen molar-refractivity contribution in [2.45, 2.75) is 0 Å². The van der Waals surface area contributed by atoms with E-state index in [0.29, 0.717) is 21.6 Å². The van der Waals surface area contributed by atoms with Crippen LogP contribution in [0.1, 0.15) is 11.5 Å². The number of hydrogen-bond donors (Lipinski definition) is 0. The molecule has 0 aliphatic heterocycles. The van der Waals surface area contributed by atoms with Gasteiger partial charge in [-0.05, 0) is 72.8 Å². The second-order valence-corrected chi connectivity index (χ2v) is 6.78. The van der Waals surface area contributed by atoms with Crippen LogP contribution in [0.15, 0.2) is 91.8 Å². The second kappa shape index (κ2) is 8.30. The minimum absolute atomic E-state index is 0.600. The number of furan rings is 2. The molecule has 6 heteroatoms. The monoisotopic (exact) mass is 408 g/mol. The van der Waals surface area contributed by atoms with Gasteiger partial charge in [0.2, 0.25) is 0 Å². The van der Waals surface area contributed by atoms with E-state index in [0.717, 1.165) is 22.6 Å². The van der Waals surface area contributed by atoms with Gasteiger partial charge in [0, 0.05) is 21.2 Å². The van der Waals surface area contributed by atoms with Crippen LogP contribution in [0.4, 0.5) is 0 Å². The summed E-state index contributed by atoms with van der Waals surface area (Å²) in [5, 5.41) is 9.38. The molecule has 0 N–H and O–H groups in total. The summed E-state index contributed by atoms with van der Waals surface area (Å²) in [4.78, 5) is 0. The lowest BCUT2D eigenvalue weighted by atomic mass is 10.2. The Balaban J connectivity index is 1.40. The highest BCUT2D eigenvalue weighted by Gasteiger charge is 2.04. The number of halogens is 2. The summed E-state index contributed by atoms with van der Waals surface area (Å²) in [7, 11) is 0. The van der Waals surface area contributed by atoms with Crippen molar-refractivity contribution < 1.29 is 8.83 Å². The molecule has 0 saturated heterocycles. The molecule has 0 saturated carbocycles. The lowest BCUT2D eigenvalue weighted by molar-refractivity contribution is 0.573. The van der Waals surface area contributed by atoms with Gasteiger partial charge < -0.3 is 8.83 Å². The fourth-order valence-corrected chi connectivity index (χ4v) is 2.82. The third-order valence-electron chi connectivity index (χ3n) is 3.95. The molecule has 0 radical (unpaired) electrons. The zero-order valence-corrected chi connectivity index (χ0v) is 16.1. The predicted octanol–water partition coefficient (Wildman–Crippen LogP) is 6.97. The zero-order valence-electron chi connectivity index (χ0n) is 14.5. The van der Waals surface area contributed by atoms with Gasteiger partial charge in [-0.2, -0.15) is 10.2 Å². The Morgan fingerprint density at radius 1 is 0.536 bits per heavy atom. The molecule has 0 fully saturated rings. The summed E-state index contributed by atoms with van der Waals surface area (Å²) in [6, 6.07) is 22.3. The minimum atomic E-state index is 0.600. The molecule has 2 aromatic carbocycles. The number of benzene rings is 2. The van der Waals surface area contributed by atoms with Crippen molar-refractivity contribution in [1.29, 1.82) is 0 Å². The number of hydrogen-bond acceptors (Lipinski definition) is 4. The largest absolute Gasteiger partial charge is 0.455 e. The molecule has 4 nitrogen and oxygen atoms in total. The quantitative estimate of drug-likeness (QED) is 0.264. The van der Waals surface area contributed by atoms with Gasteiger partial charge in [0.25, 0.3) is 0 Å². The molecule has 2 heterocycles. The van der Waals surface area contributed by atoms with Crippen LogP contribution in [0.25, 0.3) is 22.6 Å². The van der Waals surface area contributed by atoms with E-state index >= 15 is 0 Å². The summed E-state index contributed by atoms with van der Waals surface area (Å²) >= 11 is 11.8. The molecule has 0 spiro atoms. The van der Waals surface area contributed by atoms with E-state index in [4.69, 9.17) is 32.0 Å². The Labute approximate surface area is 171 Å². The maximum Gasteiger partial charge on any atom is 0.147 e. The molecule has 0 atom stereocenters. The predicted molar refractivity (Wildman–Crippen MR) is 113 cm³/mol. The van der Waals surface area contributed by atoms with E-state index in [9.17, 15) is 0 Å². The highest BCUT2D eigenvalue weighted by atomic mass is 35.5. The van der Waals surface area contributed by atoms with Gasteiger partial charge in [0.1, 0.15) is 23.0 Å². The number of rotatable bonds is 5. The summed E-state index contributed by atoms with van der Waals surface area (Å²) < 4.78 is 11.5. The van der Waals surface area contributed by atoms with Crippen molar-refractivity contribution in [2.24, 2.45) is 10.2 Å². The van der Waals surface area contributed by atoms with E-state index in [1.165, 1.54) is 0 Å². The van der Waals surface area contributed by atoms with Gasteiger partial charge >= 0.3 is 0 Å². The van der Waals surface area contributed by atoms with Crippen LogP contribution in [0, 0.1) is 0 Å². The molecule has 0 bridgehead atoms. The Bertz CT molecular complexity index is 1030. The molecule has 28 heavy (non-hydrogen) atoms. The zero-order chi connectivity index (χ0) is 19.3. The van der Waals surface area contributed by atoms with E-state index in [1.807, 2.05) is 72.8 Å². The first-order chi connectivity index (χ1) is 13.7. The average molecular weight is 409 g/mol. The molecule has 2 aromatic heterocycles. The van der Waals surface area contributed by atoms with Gasteiger partial charge in [-0.3, -0.25) is 0 Å². The van der Waals surface area contributed by atoms with E-state index in [2.05, 4.69) is 10.2 Å². The first kappa shape index (κ1) is 18.3. The van der Waals surface area contributed by atoms with Crippen LogP contribution in [0.2, 0.25) is 10.0 Å². The first-order valence-electron chi connectivity index (χ1n) is 8.45. The molecule has 138 valence electrons. The summed E-state index contributed by atoms with van der Waals surface area (Å²) in [6.07, 6.45) is 3.08. The van der Waals surface area contributed by atoms with Crippen molar-refractivity contribution in [3.05, 3.63) is 94.4 Å². The summed E-state index contributed by atoms with van der Waals surface area (Å²) in [5.41, 5.74) is 1.88. The van der Waals surface area contributed by atoms with Gasteiger partial charge in [-0.1, -0.05) is 23.2 Å². The Hall–Kier alpha value is -3.08. The van der Waals surface area contributed by atoms with Crippen molar-refractivity contribution in [3.8, 4) is 22.6 Å². The van der Waals surface area contributed by atoms with Crippen LogP contribution >= 0.6 is 23.2 Å². The Morgan fingerprint density at radius 2 is 0.929 bits per heavy atom. The fraction of sp³-hybridized carbons (Fsp3) is 0. The van der Waals surface area contributed by atoms with Crippen LogP contribution in [0.3, 0.4) is 0 Å². The topological polar surface area (TPSA) is 51.0 Å². The second-order valence-electron chi connectivity index (χ2n) is 5.91. The fourth-order valence-electron chi connectivity index (χ4n) is 2.56. The van der Waals surface area contributed by atoms with Crippen molar-refractivity contribution in [3.63, 3.8) is 0 Å². The van der Waals surface area contributed by atoms with Crippen molar-refractivity contribution in [1.82, 2.24) is 0 Å². The molecule has 4 rings (SSSR count). The lowest BCUT2D eigenvalue weighted by Crippen LogP contribution is -1.77. The average Bonchev–Trinajstić information content (AvgIpc) is 3.36. The van der Waals surface area contributed by atoms with Crippen LogP contribution < -0.4 is 0 Å². The van der Waals surface area contributed by atoms with Crippen LogP contribution in [-0.4, -0.2) is 12.4 Å². The van der Waals surface area contributed by atoms with Gasteiger partial charge in [0.05, 0.1) is 12.4 Å². The number of nitrogens with zero attached hydrogens (tertiary/aromatic N) is 2. The molecule has 0 aliphatic rings. The third-order valence-corrected chi connectivity index (χ3v) is 4.45. The highest BCUT2D eigenvalue weighted by Crippen LogP contribution is 2.24.